The van der Waals surface area contributed by atoms with Gasteiger partial charge in [-0.25, -0.2) is 9.59 Å². The second kappa shape index (κ2) is 13.7. The van der Waals surface area contributed by atoms with E-state index in [0.717, 1.165) is 49.7 Å². The normalized spacial score (nSPS) is 11.8. The van der Waals surface area contributed by atoms with Gasteiger partial charge in [0.25, 0.3) is 0 Å². The molecule has 0 fully saturated rings. The van der Waals surface area contributed by atoms with Gasteiger partial charge in [0.1, 0.15) is 12.4 Å². The van der Waals surface area contributed by atoms with E-state index in [1.807, 2.05) is 38.1 Å². The molecule has 2 aromatic carbocycles. The van der Waals surface area contributed by atoms with Gasteiger partial charge in [-0.3, -0.25) is 0 Å². The molecule has 190 valence electrons. The van der Waals surface area contributed by atoms with Gasteiger partial charge in [0.2, 0.25) is 0 Å². The Balaban J connectivity index is 2.00. The van der Waals surface area contributed by atoms with E-state index in [0.29, 0.717) is 5.75 Å². The molecule has 1 N–H and O–H groups in total. The van der Waals surface area contributed by atoms with Gasteiger partial charge in [-0.1, -0.05) is 44.5 Å². The van der Waals surface area contributed by atoms with Gasteiger partial charge in [0, 0.05) is 0 Å². The van der Waals surface area contributed by atoms with Crippen LogP contribution < -0.4 is 4.74 Å². The Kier molecular flexibility index (Phi) is 11.0. The fourth-order valence-electron chi connectivity index (χ4n) is 3.88. The number of carbonyl (C=O) groups is 2. The van der Waals surface area contributed by atoms with Crippen LogP contribution in [0.5, 0.6) is 5.75 Å². The molecule has 0 bridgehead atoms. The lowest BCUT2D eigenvalue weighted by Crippen LogP contribution is -2.26. The van der Waals surface area contributed by atoms with E-state index < -0.39 is 17.5 Å². The molecule has 0 unspecified atom stereocenters. The maximum absolute atomic E-state index is 12.1. The van der Waals surface area contributed by atoms with E-state index in [-0.39, 0.29) is 17.7 Å². The van der Waals surface area contributed by atoms with E-state index in [2.05, 4.69) is 13.0 Å². The maximum Gasteiger partial charge on any atom is 0.338 e. The van der Waals surface area contributed by atoms with Gasteiger partial charge < -0.3 is 19.3 Å². The van der Waals surface area contributed by atoms with Crippen LogP contribution in [0.3, 0.4) is 0 Å². The number of aliphatic hydroxyl groups is 1. The predicted molar refractivity (Wildman–Crippen MR) is 138 cm³/mol. The molecule has 6 nitrogen and oxygen atoms in total. The van der Waals surface area contributed by atoms with Gasteiger partial charge >= 0.3 is 11.9 Å². The number of ether oxygens (including phenoxy) is 3. The van der Waals surface area contributed by atoms with E-state index in [9.17, 15) is 14.7 Å². The second-order valence-electron chi connectivity index (χ2n) is 8.74. The summed E-state index contributed by atoms with van der Waals surface area (Å²) in [6, 6.07) is 12.7. The Hall–Kier alpha value is -3.12. The van der Waals surface area contributed by atoms with Crippen LogP contribution >= 0.6 is 0 Å². The molecule has 0 atom stereocenters. The lowest BCUT2D eigenvalue weighted by molar-refractivity contribution is 0.0213. The highest BCUT2D eigenvalue weighted by Crippen LogP contribution is 2.25. The van der Waals surface area contributed by atoms with Crippen molar-refractivity contribution in [1.29, 1.82) is 0 Å². The van der Waals surface area contributed by atoms with Crippen molar-refractivity contribution < 1.29 is 28.9 Å². The summed E-state index contributed by atoms with van der Waals surface area (Å²) >= 11 is 0. The highest BCUT2D eigenvalue weighted by Gasteiger charge is 2.21. The van der Waals surface area contributed by atoms with Crippen LogP contribution in [0.2, 0.25) is 0 Å². The molecular weight excluding hydrogens is 444 g/mol. The Morgan fingerprint density at radius 2 is 1.63 bits per heavy atom. The van der Waals surface area contributed by atoms with Crippen molar-refractivity contribution in [2.24, 2.45) is 0 Å². The zero-order valence-electron chi connectivity index (χ0n) is 21.6. The van der Waals surface area contributed by atoms with Crippen LogP contribution in [-0.4, -0.2) is 36.9 Å². The minimum atomic E-state index is -0.607. The monoisotopic (exact) mass is 482 g/mol. The molecular formula is C29H38O6. The van der Waals surface area contributed by atoms with E-state index in [4.69, 9.17) is 14.2 Å². The molecule has 2 aromatic rings. The van der Waals surface area contributed by atoms with Crippen molar-refractivity contribution in [3.63, 3.8) is 0 Å². The Morgan fingerprint density at radius 1 is 0.943 bits per heavy atom. The third-order valence-electron chi connectivity index (χ3n) is 6.45. The first-order valence-corrected chi connectivity index (χ1v) is 12.2. The number of hydrogen-bond donors (Lipinski definition) is 1. The van der Waals surface area contributed by atoms with E-state index in [1.54, 1.807) is 18.2 Å². The first-order chi connectivity index (χ1) is 16.8. The van der Waals surface area contributed by atoms with Crippen molar-refractivity contribution >= 4 is 17.5 Å². The largest absolute Gasteiger partial charge is 0.489 e. The molecule has 0 amide bonds. The van der Waals surface area contributed by atoms with Gasteiger partial charge in [-0.2, -0.15) is 0 Å². The summed E-state index contributed by atoms with van der Waals surface area (Å²) in [7, 11) is 2.53. The topological polar surface area (TPSA) is 82.1 Å². The number of methoxy groups -OCH3 is 2. The highest BCUT2D eigenvalue weighted by molar-refractivity contribution is 6.03. The minimum Gasteiger partial charge on any atom is -0.489 e. The molecule has 0 aromatic heterocycles. The molecule has 0 saturated carbocycles. The quantitative estimate of drug-likeness (QED) is 0.264. The second-order valence-corrected chi connectivity index (χ2v) is 8.74. The first-order valence-electron chi connectivity index (χ1n) is 12.2. The number of carbonyl (C=O) groups excluding carboxylic acids is 2. The summed E-state index contributed by atoms with van der Waals surface area (Å²) in [6.45, 7) is 6.40. The van der Waals surface area contributed by atoms with Crippen LogP contribution in [-0.2, 0) is 16.1 Å². The number of rotatable bonds is 13. The van der Waals surface area contributed by atoms with Gasteiger partial charge in [0.15, 0.2) is 0 Å². The summed E-state index contributed by atoms with van der Waals surface area (Å²) in [5, 5.41) is 10.4. The third-order valence-corrected chi connectivity index (χ3v) is 6.45. The smallest absolute Gasteiger partial charge is 0.338 e. The predicted octanol–water partition coefficient (Wildman–Crippen LogP) is 6.35. The van der Waals surface area contributed by atoms with Crippen molar-refractivity contribution in [3.05, 3.63) is 70.8 Å². The fraction of sp³-hybridized carbons (Fsp3) is 0.448. The number of hydrogen-bond acceptors (Lipinski definition) is 6. The number of allylic oxidation sites excluding steroid dienone is 2. The van der Waals surface area contributed by atoms with Crippen molar-refractivity contribution in [3.8, 4) is 5.75 Å². The van der Waals surface area contributed by atoms with E-state index in [1.165, 1.54) is 19.8 Å². The fourth-order valence-corrected chi connectivity index (χ4v) is 3.88. The Morgan fingerprint density at radius 3 is 2.29 bits per heavy atom. The molecule has 0 saturated heterocycles. The standard InChI is InChI=1S/C29H38O6/c1-6-29(32,7-2)17-10-8-9-12-21(3)23-13-11-14-24(19-23)35-20-22-15-16-25(27(30)33-4)26(18-22)28(31)34-5/h11-16,18-19,32H,6-10,17,20H2,1-5H3/b21-12+. The lowest BCUT2D eigenvalue weighted by Gasteiger charge is -2.24. The van der Waals surface area contributed by atoms with Crippen molar-refractivity contribution in [2.45, 2.75) is 71.5 Å². The summed E-state index contributed by atoms with van der Waals surface area (Å²) in [5.74, 6) is -0.494. The zero-order valence-corrected chi connectivity index (χ0v) is 21.6. The van der Waals surface area contributed by atoms with Crippen LogP contribution in [0.25, 0.3) is 5.57 Å². The molecule has 35 heavy (non-hydrogen) atoms. The average Bonchev–Trinajstić information content (AvgIpc) is 2.90. The molecule has 0 radical (unpaired) electrons. The Labute approximate surface area is 208 Å². The molecule has 0 aliphatic heterocycles. The minimum absolute atomic E-state index is 0.143. The SMILES string of the molecule is CCC(O)(CC)CCCC/C=C(\C)c1cccc(OCc2ccc(C(=O)OC)c(C(=O)OC)c2)c1. The summed E-state index contributed by atoms with van der Waals surface area (Å²) in [6.07, 6.45) is 7.67. The number of benzene rings is 2. The van der Waals surface area contributed by atoms with Gasteiger partial charge in [-0.15, -0.1) is 0 Å². The van der Waals surface area contributed by atoms with Crippen LogP contribution in [0.1, 0.15) is 91.1 Å². The maximum atomic E-state index is 12.1. The van der Waals surface area contributed by atoms with E-state index >= 15 is 0 Å². The molecule has 0 spiro atoms. The lowest BCUT2D eigenvalue weighted by atomic mass is 9.91. The molecule has 6 heteroatoms. The third kappa shape index (κ3) is 8.25. The molecule has 0 aliphatic rings. The van der Waals surface area contributed by atoms with Crippen LogP contribution in [0.4, 0.5) is 0 Å². The molecule has 0 heterocycles. The molecule has 2 rings (SSSR count). The van der Waals surface area contributed by atoms with Crippen LogP contribution in [0, 0.1) is 0 Å². The summed E-state index contributed by atoms with van der Waals surface area (Å²) in [5.41, 5.74) is 2.75. The van der Waals surface area contributed by atoms with Crippen molar-refractivity contribution in [2.75, 3.05) is 14.2 Å². The zero-order chi connectivity index (χ0) is 25.8. The first kappa shape index (κ1) is 28.1. The highest BCUT2D eigenvalue weighted by atomic mass is 16.5. The Bertz CT molecular complexity index is 1020. The average molecular weight is 483 g/mol. The number of esters is 2. The van der Waals surface area contributed by atoms with Crippen molar-refractivity contribution in [1.82, 2.24) is 0 Å². The number of unbranched alkanes of at least 4 members (excludes halogenated alkanes) is 2. The summed E-state index contributed by atoms with van der Waals surface area (Å²) < 4.78 is 15.5. The van der Waals surface area contributed by atoms with Crippen LogP contribution in [0.15, 0.2) is 48.5 Å². The molecule has 0 aliphatic carbocycles. The summed E-state index contributed by atoms with van der Waals surface area (Å²) in [4.78, 5) is 24.1. The van der Waals surface area contributed by atoms with Gasteiger partial charge in [0.05, 0.1) is 30.9 Å². The van der Waals surface area contributed by atoms with Gasteiger partial charge in [-0.05, 0) is 80.0 Å².